The fraction of sp³-hybridized carbons (Fsp3) is 0.692. The molecule has 1 aromatic rings. The van der Waals surface area contributed by atoms with Crippen LogP contribution in [0.5, 0.6) is 0 Å². The lowest BCUT2D eigenvalue weighted by atomic mass is 9.88. The second-order valence-electron chi connectivity index (χ2n) is 5.40. The summed E-state index contributed by atoms with van der Waals surface area (Å²) >= 11 is 0. The van der Waals surface area contributed by atoms with E-state index in [-0.39, 0.29) is 11.8 Å². The van der Waals surface area contributed by atoms with Crippen molar-refractivity contribution in [1.29, 1.82) is 0 Å². The van der Waals surface area contributed by atoms with Gasteiger partial charge in [0.15, 0.2) is 0 Å². The maximum Gasteiger partial charge on any atom is 0.229 e. The quantitative estimate of drug-likeness (QED) is 0.841. The molecule has 0 aliphatic carbocycles. The molecule has 5 nitrogen and oxygen atoms in total. The van der Waals surface area contributed by atoms with Gasteiger partial charge in [-0.1, -0.05) is 6.92 Å². The molecule has 3 rings (SSSR count). The first kappa shape index (κ1) is 11.7. The molecule has 3 unspecified atom stereocenters. The highest BCUT2D eigenvalue weighted by molar-refractivity contribution is 5.93. The maximum atomic E-state index is 12.3. The highest BCUT2D eigenvalue weighted by Gasteiger charge is 2.42. The Balaban J connectivity index is 1.70. The third-order valence-electron chi connectivity index (χ3n) is 4.13. The number of carbonyl (C=O) groups excluding carboxylic acids is 1. The third kappa shape index (κ3) is 1.92. The summed E-state index contributed by atoms with van der Waals surface area (Å²) in [5, 5.41) is 10.9. The molecular formula is C13H20N4O. The number of hydrogen-bond acceptors (Lipinski definition) is 3. The Kier molecular flexibility index (Phi) is 2.86. The SMILES string of the molecule is CCc1nn(C)cc1NC(=O)C1CC2CCC1N2. The maximum absolute atomic E-state index is 12.3. The molecule has 2 N–H and O–H groups in total. The normalized spacial score (nSPS) is 29.8. The smallest absolute Gasteiger partial charge is 0.229 e. The molecule has 3 heterocycles. The Hall–Kier alpha value is -1.36. The summed E-state index contributed by atoms with van der Waals surface area (Å²) in [6, 6.07) is 0.946. The van der Waals surface area contributed by atoms with Gasteiger partial charge in [-0.2, -0.15) is 5.10 Å². The number of nitrogens with one attached hydrogen (secondary N) is 2. The van der Waals surface area contributed by atoms with Crippen molar-refractivity contribution >= 4 is 11.6 Å². The molecule has 1 amide bonds. The van der Waals surface area contributed by atoms with Gasteiger partial charge in [0.1, 0.15) is 0 Å². The zero-order chi connectivity index (χ0) is 12.7. The largest absolute Gasteiger partial charge is 0.323 e. The Bertz CT molecular complexity index is 468. The van der Waals surface area contributed by atoms with E-state index < -0.39 is 0 Å². The van der Waals surface area contributed by atoms with Gasteiger partial charge in [0.05, 0.1) is 17.3 Å². The number of carbonyl (C=O) groups is 1. The molecule has 3 atom stereocenters. The molecule has 0 radical (unpaired) electrons. The van der Waals surface area contributed by atoms with Crippen LogP contribution < -0.4 is 10.6 Å². The lowest BCUT2D eigenvalue weighted by molar-refractivity contribution is -0.120. The summed E-state index contributed by atoms with van der Waals surface area (Å²) in [6.45, 7) is 2.05. The first-order valence-corrected chi connectivity index (χ1v) is 6.76. The summed E-state index contributed by atoms with van der Waals surface area (Å²) < 4.78 is 1.76. The fourth-order valence-corrected chi connectivity index (χ4v) is 3.24. The van der Waals surface area contributed by atoms with Crippen molar-refractivity contribution in [2.45, 2.75) is 44.7 Å². The lowest BCUT2D eigenvalue weighted by Gasteiger charge is -2.19. The molecule has 98 valence electrons. The van der Waals surface area contributed by atoms with Crippen LogP contribution in [0.25, 0.3) is 0 Å². The van der Waals surface area contributed by atoms with E-state index in [4.69, 9.17) is 0 Å². The van der Waals surface area contributed by atoms with Gasteiger partial charge in [-0.25, -0.2) is 0 Å². The highest BCUT2D eigenvalue weighted by atomic mass is 16.2. The van der Waals surface area contributed by atoms with E-state index in [0.717, 1.165) is 30.6 Å². The van der Waals surface area contributed by atoms with Gasteiger partial charge in [0.2, 0.25) is 5.91 Å². The van der Waals surface area contributed by atoms with Gasteiger partial charge in [0.25, 0.3) is 0 Å². The highest BCUT2D eigenvalue weighted by Crippen LogP contribution is 2.34. The lowest BCUT2D eigenvalue weighted by Crippen LogP contribution is -2.32. The van der Waals surface area contributed by atoms with E-state index in [2.05, 4.69) is 22.7 Å². The van der Waals surface area contributed by atoms with Crippen LogP contribution in [-0.4, -0.2) is 27.8 Å². The number of anilines is 1. The minimum atomic E-state index is 0.133. The Labute approximate surface area is 107 Å². The van der Waals surface area contributed by atoms with E-state index in [1.165, 1.54) is 6.42 Å². The topological polar surface area (TPSA) is 59.0 Å². The molecule has 0 saturated carbocycles. The molecule has 0 aromatic carbocycles. The summed E-state index contributed by atoms with van der Waals surface area (Å²) in [5.74, 6) is 0.283. The number of fused-ring (bicyclic) bond motifs is 2. The number of aromatic nitrogens is 2. The number of aryl methyl sites for hydroxylation is 2. The van der Waals surface area contributed by atoms with Crippen molar-refractivity contribution in [3.8, 4) is 0 Å². The Morgan fingerprint density at radius 1 is 1.61 bits per heavy atom. The zero-order valence-corrected chi connectivity index (χ0v) is 10.9. The number of nitrogens with zero attached hydrogens (tertiary/aromatic N) is 2. The van der Waals surface area contributed by atoms with Crippen LogP contribution in [0.15, 0.2) is 6.20 Å². The number of amides is 1. The Morgan fingerprint density at radius 3 is 3.06 bits per heavy atom. The average Bonchev–Trinajstić information content (AvgIpc) is 3.03. The fourth-order valence-electron chi connectivity index (χ4n) is 3.24. The van der Waals surface area contributed by atoms with Gasteiger partial charge >= 0.3 is 0 Å². The summed E-state index contributed by atoms with van der Waals surface area (Å²) in [7, 11) is 1.88. The van der Waals surface area contributed by atoms with Crippen molar-refractivity contribution < 1.29 is 4.79 Å². The molecule has 2 saturated heterocycles. The van der Waals surface area contributed by atoms with Crippen LogP contribution >= 0.6 is 0 Å². The molecule has 18 heavy (non-hydrogen) atoms. The van der Waals surface area contributed by atoms with Crippen LogP contribution in [0.2, 0.25) is 0 Å². The van der Waals surface area contributed by atoms with Gasteiger partial charge in [-0.05, 0) is 25.7 Å². The minimum absolute atomic E-state index is 0.133. The third-order valence-corrected chi connectivity index (χ3v) is 4.13. The molecule has 0 spiro atoms. The molecule has 2 fully saturated rings. The number of hydrogen-bond donors (Lipinski definition) is 2. The van der Waals surface area contributed by atoms with Crippen molar-refractivity contribution in [3.05, 3.63) is 11.9 Å². The molecule has 2 aliphatic heterocycles. The van der Waals surface area contributed by atoms with E-state index in [1.807, 2.05) is 13.2 Å². The molecular weight excluding hydrogens is 228 g/mol. The van der Waals surface area contributed by atoms with Gasteiger partial charge in [0, 0.05) is 25.3 Å². The van der Waals surface area contributed by atoms with Crippen LogP contribution in [-0.2, 0) is 18.3 Å². The minimum Gasteiger partial charge on any atom is -0.323 e. The summed E-state index contributed by atoms with van der Waals surface area (Å²) in [4.78, 5) is 12.3. The first-order chi connectivity index (χ1) is 8.67. The van der Waals surface area contributed by atoms with Crippen LogP contribution in [0.4, 0.5) is 5.69 Å². The van der Waals surface area contributed by atoms with Crippen LogP contribution in [0.3, 0.4) is 0 Å². The average molecular weight is 248 g/mol. The van der Waals surface area contributed by atoms with Crippen molar-refractivity contribution in [3.63, 3.8) is 0 Å². The number of rotatable bonds is 3. The standard InChI is InChI=1S/C13H20N4O/c1-3-10-12(7-17(2)16-10)15-13(18)9-6-8-4-5-11(9)14-8/h7-9,11,14H,3-6H2,1-2H3,(H,15,18). The predicted octanol–water partition coefficient (Wildman–Crippen LogP) is 1.06. The van der Waals surface area contributed by atoms with Crippen molar-refractivity contribution in [2.24, 2.45) is 13.0 Å². The summed E-state index contributed by atoms with van der Waals surface area (Å²) in [5.41, 5.74) is 1.83. The zero-order valence-electron chi connectivity index (χ0n) is 10.9. The van der Waals surface area contributed by atoms with Crippen molar-refractivity contribution in [2.75, 3.05) is 5.32 Å². The van der Waals surface area contributed by atoms with E-state index in [1.54, 1.807) is 4.68 Å². The van der Waals surface area contributed by atoms with Gasteiger partial charge in [-0.3, -0.25) is 9.48 Å². The monoisotopic (exact) mass is 248 g/mol. The Morgan fingerprint density at radius 2 is 2.44 bits per heavy atom. The summed E-state index contributed by atoms with van der Waals surface area (Å²) in [6.07, 6.45) is 6.07. The molecule has 2 aliphatic rings. The predicted molar refractivity (Wildman–Crippen MR) is 69.3 cm³/mol. The second-order valence-corrected chi connectivity index (χ2v) is 5.40. The van der Waals surface area contributed by atoms with E-state index in [9.17, 15) is 4.79 Å². The molecule has 1 aromatic heterocycles. The van der Waals surface area contributed by atoms with Crippen LogP contribution in [0.1, 0.15) is 31.9 Å². The van der Waals surface area contributed by atoms with Crippen molar-refractivity contribution in [1.82, 2.24) is 15.1 Å². The molecule has 5 heteroatoms. The van der Waals surface area contributed by atoms with E-state index >= 15 is 0 Å². The van der Waals surface area contributed by atoms with E-state index in [0.29, 0.717) is 12.1 Å². The van der Waals surface area contributed by atoms with Crippen LogP contribution in [0, 0.1) is 5.92 Å². The van der Waals surface area contributed by atoms with Gasteiger partial charge in [-0.15, -0.1) is 0 Å². The molecule has 2 bridgehead atoms. The second kappa shape index (κ2) is 4.39. The first-order valence-electron chi connectivity index (χ1n) is 6.76. The van der Waals surface area contributed by atoms with Gasteiger partial charge < -0.3 is 10.6 Å².